The number of fused-ring (bicyclic) bond motifs is 2. The number of esters is 4. The summed E-state index contributed by atoms with van der Waals surface area (Å²) >= 11 is 0. The standard InChI is InChI=1S/C40H45F2N3O8.C37H39F2N3O6/c1-25-23-44(14-13-43-25)36-34(42)22-31-35(38(36)49-3)45(29-10-11-29)24-32(37(31)46)40(48)53-20-18-51-16-15-50-17-19-52-39(47)26(2)28-9-12-30(33(41)21-28)27-7-5-4-6-8-27;1-22-20-41(15-14-40-22)33-31(39)19-28-32(35(33)46-3)42(26-11-12-26)21-29(34(28)43)37(45)48-17-7-16-47-36(44)23(2)25-10-13-27(30(38)18-25)24-8-5-4-6-9-24/h4-9,12,21-22,24-26,29,43H,10-11,13-20,23H2,1-3H3;4-6,8-10,13,18-19,21-23,26,40H,7,11-12,14-17,20H2,1-3H3. The van der Waals surface area contributed by atoms with E-state index < -0.39 is 69.8 Å². The molecule has 2 saturated heterocycles. The number of carbonyl (C=O) groups excluding carboxylic acids is 4. The number of methoxy groups -OCH3 is 2. The van der Waals surface area contributed by atoms with Gasteiger partial charge in [-0.05, 0) is 99.9 Å². The maximum Gasteiger partial charge on any atom is 0.343 e. The highest BCUT2D eigenvalue weighted by molar-refractivity contribution is 5.99. The summed E-state index contributed by atoms with van der Waals surface area (Å²) in [5.41, 5.74) is 3.28. The summed E-state index contributed by atoms with van der Waals surface area (Å²) in [6.45, 7) is 11.4. The van der Waals surface area contributed by atoms with Crippen LogP contribution in [0.15, 0.2) is 131 Å². The molecule has 0 amide bonds. The summed E-state index contributed by atoms with van der Waals surface area (Å²) in [5.74, 6) is -5.54. The number of rotatable bonds is 27. The van der Waals surface area contributed by atoms with Gasteiger partial charge in [0.1, 0.15) is 47.3 Å². The van der Waals surface area contributed by atoms with Gasteiger partial charge >= 0.3 is 23.9 Å². The van der Waals surface area contributed by atoms with Crippen LogP contribution in [-0.2, 0) is 38.0 Å². The summed E-state index contributed by atoms with van der Waals surface area (Å²) in [7, 11) is 2.92. The molecule has 2 N–H and O–H groups in total. The van der Waals surface area contributed by atoms with E-state index in [4.69, 9.17) is 37.9 Å². The molecule has 6 aromatic carbocycles. The van der Waals surface area contributed by atoms with E-state index in [1.165, 1.54) is 50.9 Å². The second kappa shape index (κ2) is 33.2. The van der Waals surface area contributed by atoms with Crippen molar-refractivity contribution in [3.05, 3.63) is 188 Å². The van der Waals surface area contributed by atoms with Gasteiger partial charge in [0.25, 0.3) is 0 Å². The highest BCUT2D eigenvalue weighted by Gasteiger charge is 2.35. The van der Waals surface area contributed by atoms with E-state index in [1.807, 2.05) is 93.4 Å². The van der Waals surface area contributed by atoms with Crippen LogP contribution in [0.4, 0.5) is 28.9 Å². The Morgan fingerprint density at radius 1 is 0.495 bits per heavy atom. The first kappa shape index (κ1) is 72.6. The number of pyridine rings is 2. The van der Waals surface area contributed by atoms with E-state index in [1.54, 1.807) is 38.1 Å². The summed E-state index contributed by atoms with van der Waals surface area (Å²) in [6.07, 6.45) is 6.58. The van der Waals surface area contributed by atoms with Crippen LogP contribution in [0.5, 0.6) is 11.5 Å². The number of hydrogen-bond donors (Lipinski definition) is 2. The van der Waals surface area contributed by atoms with Crippen LogP contribution in [0.2, 0.25) is 0 Å². The lowest BCUT2D eigenvalue weighted by Crippen LogP contribution is -2.49. The van der Waals surface area contributed by atoms with Gasteiger partial charge in [0, 0.05) is 93.4 Å². The van der Waals surface area contributed by atoms with Crippen molar-refractivity contribution in [2.24, 2.45) is 0 Å². The van der Waals surface area contributed by atoms with Crippen molar-refractivity contribution >= 4 is 57.1 Å². The molecule has 8 aromatic rings. The van der Waals surface area contributed by atoms with Gasteiger partial charge in [-0.25, -0.2) is 27.2 Å². The van der Waals surface area contributed by atoms with Gasteiger partial charge in [-0.2, -0.15) is 0 Å². The highest BCUT2D eigenvalue weighted by atomic mass is 19.1. The Labute approximate surface area is 582 Å². The number of nitrogens with zero attached hydrogens (tertiary/aromatic N) is 4. The number of halogens is 4. The van der Waals surface area contributed by atoms with E-state index in [9.17, 15) is 37.5 Å². The molecule has 2 aromatic heterocycles. The Bertz CT molecular complexity index is 4440. The van der Waals surface area contributed by atoms with E-state index >= 15 is 8.78 Å². The van der Waals surface area contributed by atoms with Crippen molar-refractivity contribution in [3.63, 3.8) is 0 Å². The number of ether oxygens (including phenoxy) is 8. The Morgan fingerprint density at radius 3 is 1.28 bits per heavy atom. The number of nitrogens with one attached hydrogen (secondary N) is 2. The second-order valence-corrected chi connectivity index (χ2v) is 25.7. The van der Waals surface area contributed by atoms with Crippen LogP contribution >= 0.6 is 0 Å². The van der Waals surface area contributed by atoms with E-state index in [0.29, 0.717) is 83.9 Å². The molecule has 24 heteroatoms. The normalized spacial score (nSPS) is 16.6. The largest absolute Gasteiger partial charge is 0.492 e. The van der Waals surface area contributed by atoms with Crippen molar-refractivity contribution < 1.29 is 74.6 Å². The van der Waals surface area contributed by atoms with Crippen LogP contribution in [0, 0.1) is 23.3 Å². The Balaban J connectivity index is 0.000000204. The van der Waals surface area contributed by atoms with Crippen molar-refractivity contribution in [3.8, 4) is 33.8 Å². The van der Waals surface area contributed by atoms with Gasteiger partial charge in [-0.15, -0.1) is 0 Å². The van der Waals surface area contributed by atoms with Gasteiger partial charge in [0.2, 0.25) is 10.9 Å². The maximum absolute atomic E-state index is 15.7. The molecule has 2 saturated carbocycles. The average molecular weight is 1390 g/mol. The van der Waals surface area contributed by atoms with Crippen LogP contribution in [-0.4, -0.2) is 151 Å². The monoisotopic (exact) mass is 1390 g/mol. The number of hydrogen-bond acceptors (Lipinski definition) is 18. The van der Waals surface area contributed by atoms with Crippen LogP contribution in [0.3, 0.4) is 0 Å². The summed E-state index contributed by atoms with van der Waals surface area (Å²) in [6, 6.07) is 30.5. The van der Waals surface area contributed by atoms with Gasteiger partial charge in [-0.1, -0.05) is 84.9 Å². The van der Waals surface area contributed by atoms with E-state index in [2.05, 4.69) is 10.6 Å². The van der Waals surface area contributed by atoms with Crippen LogP contribution < -0.4 is 40.8 Å². The van der Waals surface area contributed by atoms with Crippen molar-refractivity contribution in [1.29, 1.82) is 0 Å². The smallest absolute Gasteiger partial charge is 0.343 e. The molecule has 20 nitrogen and oxygen atoms in total. The maximum atomic E-state index is 15.7. The molecule has 4 fully saturated rings. The first-order chi connectivity index (χ1) is 48.8. The number of aromatic nitrogens is 2. The molecule has 2 aliphatic heterocycles. The molecule has 101 heavy (non-hydrogen) atoms. The third kappa shape index (κ3) is 17.1. The minimum Gasteiger partial charge on any atom is -0.492 e. The number of carbonyl (C=O) groups is 4. The van der Waals surface area contributed by atoms with Gasteiger partial charge in [0.05, 0.1) is 87.5 Å². The zero-order chi connectivity index (χ0) is 71.4. The highest BCUT2D eigenvalue weighted by Crippen LogP contribution is 2.46. The Kier molecular flexibility index (Phi) is 23.9. The summed E-state index contributed by atoms with van der Waals surface area (Å²) in [4.78, 5) is 82.4. The SMILES string of the molecule is COc1c(N2CCNC(C)C2)c(F)cc2c(=O)c(C(=O)OCCCOC(=O)C(C)c3ccc(-c4ccccc4)c(F)c3)cn(C3CC3)c12.COc1c(N2CCNC(C)C2)c(F)cc2c(=O)c(C(=O)OCCOCCOCCOC(=O)C(C)c3ccc(-c4ccccc4)c(F)c3)cn(C3CC3)c12. The Hall–Kier alpha value is -9.62. The van der Waals surface area contributed by atoms with Gasteiger partial charge in [0.15, 0.2) is 23.1 Å². The van der Waals surface area contributed by atoms with E-state index in [-0.39, 0.29) is 117 Å². The van der Waals surface area contributed by atoms with Crippen molar-refractivity contribution in [2.75, 3.05) is 116 Å². The molecular weight excluding hydrogens is 1310 g/mol. The van der Waals surface area contributed by atoms with Crippen LogP contribution in [0.25, 0.3) is 44.1 Å². The molecule has 0 spiro atoms. The van der Waals surface area contributed by atoms with Gasteiger partial charge < -0.3 is 67.5 Å². The lowest BCUT2D eigenvalue weighted by atomic mass is 9.97. The molecule has 0 radical (unpaired) electrons. The predicted molar refractivity (Wildman–Crippen MR) is 375 cm³/mol. The third-order valence-electron chi connectivity index (χ3n) is 18.4. The molecule has 4 atom stereocenters. The molecule has 4 unspecified atom stereocenters. The minimum atomic E-state index is -0.843. The average Bonchev–Trinajstić information content (AvgIpc) is 1.73. The molecule has 0 bridgehead atoms. The Morgan fingerprint density at radius 2 is 0.881 bits per heavy atom. The van der Waals surface area contributed by atoms with Crippen molar-refractivity contribution in [1.82, 2.24) is 19.8 Å². The van der Waals surface area contributed by atoms with E-state index in [0.717, 1.165) is 36.8 Å². The molecular formula is C77H84F4N6O14. The summed E-state index contributed by atoms with van der Waals surface area (Å²) < 4.78 is 109. The fourth-order valence-electron chi connectivity index (χ4n) is 12.8. The zero-order valence-electron chi connectivity index (χ0n) is 57.5. The first-order valence-electron chi connectivity index (χ1n) is 34.3. The zero-order valence-corrected chi connectivity index (χ0v) is 57.5. The molecule has 534 valence electrons. The topological polar surface area (TPSA) is 217 Å². The minimum absolute atomic E-state index is 0.0154. The predicted octanol–water partition coefficient (Wildman–Crippen LogP) is 11.6. The molecule has 4 aliphatic rings. The first-order valence-corrected chi connectivity index (χ1v) is 34.3. The molecule has 12 rings (SSSR count). The lowest BCUT2D eigenvalue weighted by molar-refractivity contribution is -0.147. The molecule has 4 heterocycles. The lowest BCUT2D eigenvalue weighted by Gasteiger charge is -2.35. The molecule has 2 aliphatic carbocycles. The number of piperazine rings is 2. The second-order valence-electron chi connectivity index (χ2n) is 25.7. The quantitative estimate of drug-likeness (QED) is 0.0212. The van der Waals surface area contributed by atoms with Gasteiger partial charge in [-0.3, -0.25) is 19.2 Å². The fourth-order valence-corrected chi connectivity index (χ4v) is 12.8. The number of anilines is 2. The number of benzene rings is 6. The van der Waals surface area contributed by atoms with Crippen molar-refractivity contribution in [2.45, 2.75) is 95.8 Å². The summed E-state index contributed by atoms with van der Waals surface area (Å²) in [5, 5.41) is 6.81. The fraction of sp³-hybridized carbons (Fsp3) is 0.403. The third-order valence-corrected chi connectivity index (χ3v) is 18.4. The van der Waals surface area contributed by atoms with Crippen LogP contribution in [0.1, 0.15) is 116 Å².